The van der Waals surface area contributed by atoms with E-state index in [1.54, 1.807) is 24.0 Å². The summed E-state index contributed by atoms with van der Waals surface area (Å²) in [5.74, 6) is -0.524. The van der Waals surface area contributed by atoms with E-state index in [-0.39, 0.29) is 35.2 Å². The average Bonchev–Trinajstić information content (AvgIpc) is 3.38. The number of thiophene rings is 1. The highest BCUT2D eigenvalue weighted by Gasteiger charge is 2.38. The van der Waals surface area contributed by atoms with Crippen LogP contribution in [0.25, 0.3) is 11.1 Å². The Labute approximate surface area is 174 Å². The third kappa shape index (κ3) is 3.76. The molecular weight excluding hydrogens is 419 g/mol. The standard InChI is InChI=1S/C20H20F3N3O3S/c1-3-12-9-13(20(21,22)23)16-17(25-29-18(16)24-12)11-5-4-8-26(10-11)19(27)14-6-7-15(28-2)30-14/h6-7,9,11H,3-5,8,10H2,1-2H3. The second-order valence-corrected chi connectivity index (χ2v) is 8.22. The monoisotopic (exact) mass is 439 g/mol. The molecule has 30 heavy (non-hydrogen) atoms. The van der Waals surface area contributed by atoms with Crippen LogP contribution in [0.15, 0.2) is 22.7 Å². The van der Waals surface area contributed by atoms with E-state index in [2.05, 4.69) is 10.1 Å². The maximum atomic E-state index is 13.7. The summed E-state index contributed by atoms with van der Waals surface area (Å²) < 4.78 is 51.6. The number of aromatic nitrogens is 2. The summed E-state index contributed by atoms with van der Waals surface area (Å²) in [5, 5.41) is 4.49. The minimum atomic E-state index is -4.55. The van der Waals surface area contributed by atoms with Gasteiger partial charge in [0.05, 0.1) is 28.6 Å². The van der Waals surface area contributed by atoms with E-state index >= 15 is 0 Å². The van der Waals surface area contributed by atoms with Gasteiger partial charge < -0.3 is 14.2 Å². The number of nitrogens with zero attached hydrogens (tertiary/aromatic N) is 3. The van der Waals surface area contributed by atoms with Crippen molar-refractivity contribution in [2.75, 3.05) is 20.2 Å². The highest BCUT2D eigenvalue weighted by Crippen LogP contribution is 2.40. The fourth-order valence-corrected chi connectivity index (χ4v) is 4.58. The largest absolute Gasteiger partial charge is 0.487 e. The van der Waals surface area contributed by atoms with Gasteiger partial charge >= 0.3 is 6.18 Å². The Morgan fingerprint density at radius 3 is 2.87 bits per heavy atom. The number of rotatable bonds is 4. The molecule has 0 aromatic carbocycles. The number of piperidine rings is 1. The van der Waals surface area contributed by atoms with Gasteiger partial charge in [0.1, 0.15) is 0 Å². The molecule has 1 amide bonds. The lowest BCUT2D eigenvalue weighted by Gasteiger charge is -2.31. The van der Waals surface area contributed by atoms with Gasteiger partial charge in [-0.15, -0.1) is 0 Å². The number of pyridine rings is 1. The zero-order valence-corrected chi connectivity index (χ0v) is 17.3. The number of halogens is 3. The maximum absolute atomic E-state index is 13.7. The number of carbonyl (C=O) groups excluding carboxylic acids is 1. The third-order valence-electron chi connectivity index (χ3n) is 5.28. The number of carbonyl (C=O) groups is 1. The highest BCUT2D eigenvalue weighted by molar-refractivity contribution is 7.15. The molecule has 3 aromatic rings. The summed E-state index contributed by atoms with van der Waals surface area (Å²) in [6.07, 6.45) is -2.92. The summed E-state index contributed by atoms with van der Waals surface area (Å²) in [4.78, 5) is 19.2. The van der Waals surface area contributed by atoms with Crippen LogP contribution < -0.4 is 4.74 Å². The Hall–Kier alpha value is -2.62. The van der Waals surface area contributed by atoms with Gasteiger partial charge in [-0.1, -0.05) is 23.4 Å². The second kappa shape index (κ2) is 7.90. The number of hydrogen-bond donors (Lipinski definition) is 0. The van der Waals surface area contributed by atoms with Crippen molar-refractivity contribution >= 4 is 28.3 Å². The molecule has 1 saturated heterocycles. The topological polar surface area (TPSA) is 68.5 Å². The minimum Gasteiger partial charge on any atom is -0.487 e. The molecule has 0 saturated carbocycles. The van der Waals surface area contributed by atoms with Crippen molar-refractivity contribution in [3.63, 3.8) is 0 Å². The molecule has 4 heterocycles. The Morgan fingerprint density at radius 2 is 2.20 bits per heavy atom. The van der Waals surface area contributed by atoms with Crippen molar-refractivity contribution < 1.29 is 27.2 Å². The smallest absolute Gasteiger partial charge is 0.417 e. The lowest BCUT2D eigenvalue weighted by atomic mass is 9.91. The van der Waals surface area contributed by atoms with Crippen molar-refractivity contribution in [1.82, 2.24) is 15.0 Å². The van der Waals surface area contributed by atoms with Gasteiger partial charge in [-0.05, 0) is 37.5 Å². The molecule has 1 aliphatic heterocycles. The Kier molecular flexibility index (Phi) is 5.44. The lowest BCUT2D eigenvalue weighted by Crippen LogP contribution is -2.39. The van der Waals surface area contributed by atoms with Gasteiger partial charge in [0.2, 0.25) is 0 Å². The number of aryl methyl sites for hydroxylation is 1. The van der Waals surface area contributed by atoms with Crippen LogP contribution in [0.3, 0.4) is 0 Å². The first-order valence-electron chi connectivity index (χ1n) is 9.61. The van der Waals surface area contributed by atoms with Crippen LogP contribution in [-0.4, -0.2) is 41.1 Å². The summed E-state index contributed by atoms with van der Waals surface area (Å²) in [5.41, 5.74) is -0.381. The van der Waals surface area contributed by atoms with Crippen molar-refractivity contribution in [3.8, 4) is 5.06 Å². The van der Waals surface area contributed by atoms with Gasteiger partial charge in [0, 0.05) is 24.7 Å². The predicted molar refractivity (Wildman–Crippen MR) is 105 cm³/mol. The first kappa shape index (κ1) is 20.6. The van der Waals surface area contributed by atoms with Gasteiger partial charge in [-0.3, -0.25) is 4.79 Å². The van der Waals surface area contributed by atoms with Crippen molar-refractivity contribution in [2.45, 2.75) is 38.3 Å². The van der Waals surface area contributed by atoms with Crippen LogP contribution in [0.1, 0.15) is 52.3 Å². The molecule has 1 unspecified atom stereocenters. The van der Waals surface area contributed by atoms with Crippen molar-refractivity contribution in [3.05, 3.63) is 40.0 Å². The van der Waals surface area contributed by atoms with Crippen LogP contribution in [-0.2, 0) is 12.6 Å². The molecule has 3 aromatic heterocycles. The second-order valence-electron chi connectivity index (χ2n) is 7.17. The van der Waals surface area contributed by atoms with Gasteiger partial charge in [-0.25, -0.2) is 4.98 Å². The first-order chi connectivity index (χ1) is 14.3. The summed E-state index contributed by atoms with van der Waals surface area (Å²) in [7, 11) is 1.53. The van der Waals surface area contributed by atoms with Gasteiger partial charge in [0.25, 0.3) is 11.6 Å². The van der Waals surface area contributed by atoms with Crippen LogP contribution >= 0.6 is 11.3 Å². The fraction of sp³-hybridized carbons (Fsp3) is 0.450. The molecule has 0 bridgehead atoms. The van der Waals surface area contributed by atoms with E-state index in [0.29, 0.717) is 41.4 Å². The molecule has 1 atom stereocenters. The summed E-state index contributed by atoms with van der Waals surface area (Å²) in [6.45, 7) is 2.54. The Balaban J connectivity index is 1.67. The normalized spacial score (nSPS) is 17.5. The molecule has 10 heteroatoms. The molecular formula is C20H20F3N3O3S. The zero-order valence-electron chi connectivity index (χ0n) is 16.5. The number of fused-ring (bicyclic) bond motifs is 1. The third-order valence-corrected chi connectivity index (χ3v) is 6.32. The molecule has 1 fully saturated rings. The number of ether oxygens (including phenoxy) is 1. The quantitative estimate of drug-likeness (QED) is 0.579. The van der Waals surface area contributed by atoms with E-state index in [1.165, 1.54) is 18.4 Å². The van der Waals surface area contributed by atoms with Crippen LogP contribution in [0.2, 0.25) is 0 Å². The van der Waals surface area contributed by atoms with Crippen LogP contribution in [0.5, 0.6) is 5.06 Å². The van der Waals surface area contributed by atoms with E-state index in [1.807, 2.05) is 0 Å². The number of amides is 1. The van der Waals surface area contributed by atoms with Gasteiger partial charge in [0.15, 0.2) is 5.06 Å². The molecule has 0 N–H and O–H groups in total. The van der Waals surface area contributed by atoms with E-state index in [4.69, 9.17) is 9.26 Å². The summed E-state index contributed by atoms with van der Waals surface area (Å²) >= 11 is 1.24. The molecule has 160 valence electrons. The van der Waals surface area contributed by atoms with Crippen molar-refractivity contribution in [2.24, 2.45) is 0 Å². The van der Waals surface area contributed by atoms with Crippen molar-refractivity contribution in [1.29, 1.82) is 0 Å². The lowest BCUT2D eigenvalue weighted by molar-refractivity contribution is -0.136. The molecule has 0 radical (unpaired) electrons. The van der Waals surface area contributed by atoms with Crippen LogP contribution in [0.4, 0.5) is 13.2 Å². The highest BCUT2D eigenvalue weighted by atomic mass is 32.1. The summed E-state index contributed by atoms with van der Waals surface area (Å²) in [6, 6.07) is 4.47. The molecule has 1 aliphatic rings. The average molecular weight is 439 g/mol. The predicted octanol–water partition coefficient (Wildman–Crippen LogP) is 4.89. The number of alkyl halides is 3. The fourth-order valence-electron chi connectivity index (χ4n) is 3.79. The number of methoxy groups -OCH3 is 1. The Bertz CT molecular complexity index is 1080. The van der Waals surface area contributed by atoms with E-state index in [0.717, 1.165) is 6.07 Å². The van der Waals surface area contributed by atoms with E-state index in [9.17, 15) is 18.0 Å². The zero-order chi connectivity index (χ0) is 21.5. The molecule has 4 rings (SSSR count). The molecule has 6 nitrogen and oxygen atoms in total. The minimum absolute atomic E-state index is 0.100. The Morgan fingerprint density at radius 1 is 1.40 bits per heavy atom. The molecule has 0 spiro atoms. The SMILES string of the molecule is CCc1cc(C(F)(F)F)c2c(C3CCCN(C(=O)c4ccc(OC)s4)C3)noc2n1. The van der Waals surface area contributed by atoms with E-state index < -0.39 is 11.7 Å². The first-order valence-corrected chi connectivity index (χ1v) is 10.4. The van der Waals surface area contributed by atoms with Crippen LogP contribution in [0, 0.1) is 0 Å². The molecule has 0 aliphatic carbocycles. The van der Waals surface area contributed by atoms with Gasteiger partial charge in [-0.2, -0.15) is 13.2 Å². The number of hydrogen-bond acceptors (Lipinski definition) is 6. The number of likely N-dealkylation sites (tertiary alicyclic amines) is 1. The maximum Gasteiger partial charge on any atom is 0.417 e.